The third-order valence-corrected chi connectivity index (χ3v) is 4.52. The summed E-state index contributed by atoms with van der Waals surface area (Å²) in [5.74, 6) is -0.620. The number of H-pyrrole nitrogens is 1. The van der Waals surface area contributed by atoms with Crippen molar-refractivity contribution in [3.63, 3.8) is 0 Å². The quantitative estimate of drug-likeness (QED) is 0.473. The van der Waals surface area contributed by atoms with Gasteiger partial charge in [0.05, 0.1) is 0 Å². The lowest BCUT2D eigenvalue weighted by Gasteiger charge is -2.12. The predicted molar refractivity (Wildman–Crippen MR) is 103 cm³/mol. The van der Waals surface area contributed by atoms with Crippen molar-refractivity contribution in [3.05, 3.63) is 70.9 Å². The van der Waals surface area contributed by atoms with Gasteiger partial charge in [-0.3, -0.25) is 9.59 Å². The molecule has 0 radical (unpaired) electrons. The molecule has 0 saturated heterocycles. The predicted octanol–water partition coefficient (Wildman–Crippen LogP) is 4.96. The van der Waals surface area contributed by atoms with Crippen LogP contribution in [0.3, 0.4) is 0 Å². The zero-order valence-corrected chi connectivity index (χ0v) is 15.3. The number of hydrogen-bond donors (Lipinski definition) is 1. The lowest BCUT2D eigenvalue weighted by atomic mass is 10.1. The summed E-state index contributed by atoms with van der Waals surface area (Å²) < 4.78 is 5.27. The number of benzene rings is 2. The standard InChI is InChI=1S/C21H20ClNO3/c1-14(21(25)15-6-4-8-17(22)12-15)26-20(24)11-5-7-16-13-23-19-10-3-2-9-18(16)19/h2-4,6,8-10,12-14,23H,5,7,11H2,1H3/t14-/m0/s1. The van der Waals surface area contributed by atoms with Gasteiger partial charge in [-0.25, -0.2) is 0 Å². The fourth-order valence-corrected chi connectivity index (χ4v) is 3.14. The fourth-order valence-electron chi connectivity index (χ4n) is 2.95. The van der Waals surface area contributed by atoms with E-state index in [4.69, 9.17) is 16.3 Å². The Morgan fingerprint density at radius 3 is 2.77 bits per heavy atom. The average Bonchev–Trinajstić information content (AvgIpc) is 3.04. The topological polar surface area (TPSA) is 59.2 Å². The molecule has 0 unspecified atom stereocenters. The summed E-state index contributed by atoms with van der Waals surface area (Å²) in [4.78, 5) is 27.6. The zero-order chi connectivity index (χ0) is 18.5. The number of halogens is 1. The third-order valence-electron chi connectivity index (χ3n) is 4.29. The van der Waals surface area contributed by atoms with E-state index in [2.05, 4.69) is 11.1 Å². The van der Waals surface area contributed by atoms with Crippen molar-refractivity contribution in [3.8, 4) is 0 Å². The van der Waals surface area contributed by atoms with Crippen LogP contribution in [-0.4, -0.2) is 22.8 Å². The molecule has 0 aliphatic rings. The number of aromatic nitrogens is 1. The smallest absolute Gasteiger partial charge is 0.306 e. The summed E-state index contributed by atoms with van der Waals surface area (Å²) in [7, 11) is 0. The van der Waals surface area contributed by atoms with E-state index < -0.39 is 6.10 Å². The van der Waals surface area contributed by atoms with E-state index in [0.717, 1.165) is 11.9 Å². The van der Waals surface area contributed by atoms with Crippen LogP contribution in [-0.2, 0) is 16.0 Å². The van der Waals surface area contributed by atoms with Gasteiger partial charge in [-0.1, -0.05) is 41.9 Å². The highest BCUT2D eigenvalue weighted by Gasteiger charge is 2.19. The van der Waals surface area contributed by atoms with E-state index in [1.54, 1.807) is 31.2 Å². The van der Waals surface area contributed by atoms with Gasteiger partial charge in [0.1, 0.15) is 0 Å². The van der Waals surface area contributed by atoms with E-state index in [0.29, 0.717) is 17.0 Å². The van der Waals surface area contributed by atoms with Crippen molar-refractivity contribution >= 4 is 34.3 Å². The van der Waals surface area contributed by atoms with Crippen LogP contribution in [0.1, 0.15) is 35.7 Å². The third kappa shape index (κ3) is 4.33. The molecule has 0 spiro atoms. The number of aromatic amines is 1. The van der Waals surface area contributed by atoms with Gasteiger partial charge in [-0.2, -0.15) is 0 Å². The number of fused-ring (bicyclic) bond motifs is 1. The first-order valence-corrected chi connectivity index (χ1v) is 8.96. The van der Waals surface area contributed by atoms with Crippen molar-refractivity contribution < 1.29 is 14.3 Å². The van der Waals surface area contributed by atoms with Crippen molar-refractivity contribution in [2.24, 2.45) is 0 Å². The second-order valence-corrected chi connectivity index (χ2v) is 6.66. The van der Waals surface area contributed by atoms with Crippen LogP contribution in [0.2, 0.25) is 5.02 Å². The van der Waals surface area contributed by atoms with E-state index >= 15 is 0 Å². The number of nitrogens with one attached hydrogen (secondary N) is 1. The monoisotopic (exact) mass is 369 g/mol. The van der Waals surface area contributed by atoms with E-state index in [9.17, 15) is 9.59 Å². The Morgan fingerprint density at radius 1 is 1.15 bits per heavy atom. The lowest BCUT2D eigenvalue weighted by Crippen LogP contribution is -2.24. The minimum Gasteiger partial charge on any atom is -0.454 e. The van der Waals surface area contributed by atoms with E-state index in [-0.39, 0.29) is 18.2 Å². The van der Waals surface area contributed by atoms with Crippen LogP contribution in [0.5, 0.6) is 0 Å². The number of hydrogen-bond acceptors (Lipinski definition) is 3. The molecule has 0 amide bonds. The molecule has 1 heterocycles. The lowest BCUT2D eigenvalue weighted by molar-refractivity contribution is -0.146. The van der Waals surface area contributed by atoms with Gasteiger partial charge >= 0.3 is 5.97 Å². The zero-order valence-electron chi connectivity index (χ0n) is 14.5. The van der Waals surface area contributed by atoms with Gasteiger partial charge in [0, 0.05) is 34.1 Å². The molecule has 1 aromatic heterocycles. The fraction of sp³-hybridized carbons (Fsp3) is 0.238. The van der Waals surface area contributed by atoms with Crippen LogP contribution in [0, 0.1) is 0 Å². The first kappa shape index (κ1) is 18.2. The van der Waals surface area contributed by atoms with Crippen molar-refractivity contribution in [2.75, 3.05) is 0 Å². The average molecular weight is 370 g/mol. The highest BCUT2D eigenvalue weighted by Crippen LogP contribution is 2.20. The molecule has 5 heteroatoms. The van der Waals surface area contributed by atoms with Crippen LogP contribution in [0.4, 0.5) is 0 Å². The van der Waals surface area contributed by atoms with Crippen LogP contribution in [0.25, 0.3) is 10.9 Å². The minimum atomic E-state index is -0.825. The molecular weight excluding hydrogens is 350 g/mol. The van der Waals surface area contributed by atoms with Crippen LogP contribution in [0.15, 0.2) is 54.7 Å². The molecular formula is C21H20ClNO3. The van der Waals surface area contributed by atoms with Gasteiger partial charge in [0.15, 0.2) is 6.10 Å². The number of ketones is 1. The van der Waals surface area contributed by atoms with Crippen molar-refractivity contribution in [2.45, 2.75) is 32.3 Å². The maximum absolute atomic E-state index is 12.3. The molecule has 4 nitrogen and oxygen atoms in total. The Hall–Kier alpha value is -2.59. The second-order valence-electron chi connectivity index (χ2n) is 6.22. The number of Topliss-reactive ketones (excluding diaryl/α,β-unsaturated/α-hetero) is 1. The first-order valence-electron chi connectivity index (χ1n) is 8.59. The molecule has 0 bridgehead atoms. The molecule has 1 N–H and O–H groups in total. The molecule has 2 aromatic carbocycles. The van der Waals surface area contributed by atoms with Gasteiger partial charge < -0.3 is 9.72 Å². The van der Waals surface area contributed by atoms with Gasteiger partial charge in [-0.05, 0) is 43.5 Å². The second kappa shape index (κ2) is 8.19. The number of esters is 1. The number of para-hydroxylation sites is 1. The largest absolute Gasteiger partial charge is 0.454 e. The van der Waals surface area contributed by atoms with Crippen molar-refractivity contribution in [1.29, 1.82) is 0 Å². The SMILES string of the molecule is C[C@H](OC(=O)CCCc1c[nH]c2ccccc12)C(=O)c1cccc(Cl)c1. The molecule has 134 valence electrons. The number of carbonyl (C=O) groups is 2. The van der Waals surface area contributed by atoms with Gasteiger partial charge in [-0.15, -0.1) is 0 Å². The highest BCUT2D eigenvalue weighted by molar-refractivity contribution is 6.31. The number of aryl methyl sites for hydroxylation is 1. The first-order chi connectivity index (χ1) is 12.5. The molecule has 0 aliphatic heterocycles. The number of carbonyl (C=O) groups excluding carboxylic acids is 2. The molecule has 3 rings (SSSR count). The molecule has 0 saturated carbocycles. The Kier molecular flexibility index (Phi) is 5.74. The Labute approximate surface area is 157 Å². The minimum absolute atomic E-state index is 0.252. The highest BCUT2D eigenvalue weighted by atomic mass is 35.5. The normalized spacial score (nSPS) is 12.1. The molecule has 26 heavy (non-hydrogen) atoms. The van der Waals surface area contributed by atoms with Crippen molar-refractivity contribution in [1.82, 2.24) is 4.98 Å². The molecule has 3 aromatic rings. The van der Waals surface area contributed by atoms with E-state index in [1.165, 1.54) is 10.9 Å². The maximum atomic E-state index is 12.3. The Morgan fingerprint density at radius 2 is 1.96 bits per heavy atom. The van der Waals surface area contributed by atoms with Crippen LogP contribution >= 0.6 is 11.6 Å². The summed E-state index contributed by atoms with van der Waals surface area (Å²) in [6, 6.07) is 14.7. The summed E-state index contributed by atoms with van der Waals surface area (Å²) in [6.45, 7) is 1.58. The molecule has 0 aliphatic carbocycles. The summed E-state index contributed by atoms with van der Waals surface area (Å²) >= 11 is 5.90. The molecule has 1 atom stereocenters. The Balaban J connectivity index is 1.50. The summed E-state index contributed by atoms with van der Waals surface area (Å²) in [5.41, 5.74) is 2.71. The summed E-state index contributed by atoms with van der Waals surface area (Å²) in [5, 5.41) is 1.65. The van der Waals surface area contributed by atoms with Crippen LogP contribution < -0.4 is 0 Å². The van der Waals surface area contributed by atoms with E-state index in [1.807, 2.05) is 24.4 Å². The Bertz CT molecular complexity index is 932. The van der Waals surface area contributed by atoms with Gasteiger partial charge in [0.2, 0.25) is 5.78 Å². The number of ether oxygens (including phenoxy) is 1. The summed E-state index contributed by atoms with van der Waals surface area (Å²) in [6.07, 6.45) is 2.86. The molecule has 0 fully saturated rings. The number of rotatable bonds is 7. The van der Waals surface area contributed by atoms with Gasteiger partial charge in [0.25, 0.3) is 0 Å². The maximum Gasteiger partial charge on any atom is 0.306 e.